The fourth-order valence-corrected chi connectivity index (χ4v) is 0.378. The molecule has 0 aromatic carbocycles. The molecule has 1 amide bonds. The first-order valence-electron chi connectivity index (χ1n) is 3.20. The van der Waals surface area contributed by atoms with E-state index >= 15 is 0 Å². The molecule has 0 saturated heterocycles. The lowest BCUT2D eigenvalue weighted by Gasteiger charge is -2.10. The van der Waals surface area contributed by atoms with E-state index < -0.39 is 11.9 Å². The maximum absolute atomic E-state index is 10.3. The smallest absolute Gasteiger partial charge is 0.236 e. The van der Waals surface area contributed by atoms with Gasteiger partial charge in [0.1, 0.15) is 6.04 Å². The van der Waals surface area contributed by atoms with Gasteiger partial charge in [0.2, 0.25) is 5.91 Å². The lowest BCUT2D eigenvalue weighted by Crippen LogP contribution is -3.00. The summed E-state index contributed by atoms with van der Waals surface area (Å²) in [6, 6.07) is -0.678. The highest BCUT2D eigenvalue weighted by Gasteiger charge is 2.08. The monoisotopic (exact) mass is 181 g/mol. The summed E-state index contributed by atoms with van der Waals surface area (Å²) >= 11 is 0. The lowest BCUT2D eigenvalue weighted by atomic mass is 10.3. The predicted octanol–water partition coefficient (Wildman–Crippen LogP) is -3.77. The summed E-state index contributed by atoms with van der Waals surface area (Å²) in [6.07, 6.45) is 0.0883. The number of carbonyl (C=O) groups is 1. The normalized spacial score (nSPS) is 12.4. The van der Waals surface area contributed by atoms with Gasteiger partial charge in [0, 0.05) is 0 Å². The number of amides is 1. The molecule has 4 nitrogen and oxygen atoms in total. The number of hydrogen-bond acceptors (Lipinski definition) is 3. The maximum Gasteiger partial charge on any atom is 0.236 e. The van der Waals surface area contributed by atoms with Crippen LogP contribution in [0.1, 0.15) is 13.8 Å². The van der Waals surface area contributed by atoms with Gasteiger partial charge in [-0.3, -0.25) is 4.79 Å². The summed E-state index contributed by atoms with van der Waals surface area (Å²) in [7, 11) is 0. The average Bonchev–Trinajstić information content (AvgIpc) is 1.82. The Bertz CT molecular complexity index is 119. The van der Waals surface area contributed by atoms with E-state index in [1.165, 1.54) is 0 Å². The molecule has 68 valence electrons. The molecule has 0 rings (SSSR count). The summed E-state index contributed by atoms with van der Waals surface area (Å²) in [4.78, 5) is 10.3. The van der Waals surface area contributed by atoms with Gasteiger partial charge in [-0.05, 0) is 13.8 Å². The molecule has 5 heteroatoms. The molecule has 0 spiro atoms. The molecule has 0 aromatic heterocycles. The van der Waals surface area contributed by atoms with Gasteiger partial charge in [0.15, 0.2) is 0 Å². The minimum atomic E-state index is -0.678. The largest absolute Gasteiger partial charge is 1.00 e. The Morgan fingerprint density at radius 2 is 2.00 bits per heavy atom. The zero-order valence-corrected chi connectivity index (χ0v) is 7.47. The molecular formula is C6H14ClN2O2-. The minimum absolute atomic E-state index is 0. The van der Waals surface area contributed by atoms with Gasteiger partial charge in [-0.1, -0.05) is 0 Å². The number of carbonyl (C=O) groups excluding carboxylic acids is 1. The summed E-state index contributed by atoms with van der Waals surface area (Å²) in [6.45, 7) is 3.94. The third kappa shape index (κ3) is 7.58. The van der Waals surface area contributed by atoms with E-state index in [0.29, 0.717) is 0 Å². The van der Waals surface area contributed by atoms with Gasteiger partial charge in [0.05, 0.1) is 12.7 Å². The molecule has 0 aliphatic carbocycles. The van der Waals surface area contributed by atoms with Crippen LogP contribution in [0.3, 0.4) is 0 Å². The van der Waals surface area contributed by atoms with Crippen molar-refractivity contribution in [3.8, 4) is 0 Å². The topological polar surface area (TPSA) is 78.3 Å². The van der Waals surface area contributed by atoms with Crippen LogP contribution in [0.2, 0.25) is 0 Å². The highest BCUT2D eigenvalue weighted by atomic mass is 35.5. The van der Waals surface area contributed by atoms with Gasteiger partial charge in [-0.2, -0.15) is 0 Å². The second-order valence-corrected chi connectivity index (χ2v) is 2.39. The van der Waals surface area contributed by atoms with Crippen LogP contribution in [0, 0.1) is 0 Å². The third-order valence-corrected chi connectivity index (χ3v) is 0.975. The standard InChI is InChI=1S/C6H14N2O2.ClH/c1-4(2)10-3-5(7)6(8)9;/h4-5H,3,7H2,1-2H3,(H2,8,9);1H/p-1/t5-;/m0./s1. The molecule has 11 heavy (non-hydrogen) atoms. The Hall–Kier alpha value is -0.320. The molecule has 0 unspecified atom stereocenters. The molecule has 0 heterocycles. The van der Waals surface area contributed by atoms with E-state index in [9.17, 15) is 4.79 Å². The van der Waals surface area contributed by atoms with Crippen LogP contribution in [-0.2, 0) is 9.53 Å². The minimum Gasteiger partial charge on any atom is -1.00 e. The molecule has 1 atom stereocenters. The van der Waals surface area contributed by atoms with Crippen molar-refractivity contribution in [2.45, 2.75) is 26.0 Å². The van der Waals surface area contributed by atoms with Crippen LogP contribution >= 0.6 is 0 Å². The lowest BCUT2D eigenvalue weighted by molar-refractivity contribution is -0.120. The highest BCUT2D eigenvalue weighted by molar-refractivity contribution is 5.79. The Morgan fingerprint density at radius 3 is 2.27 bits per heavy atom. The van der Waals surface area contributed by atoms with Crippen LogP contribution in [-0.4, -0.2) is 24.7 Å². The zero-order valence-electron chi connectivity index (χ0n) is 6.71. The van der Waals surface area contributed by atoms with Crippen molar-refractivity contribution in [1.29, 1.82) is 0 Å². The van der Waals surface area contributed by atoms with Crippen LogP contribution in [0.25, 0.3) is 0 Å². The number of rotatable bonds is 4. The molecule has 0 radical (unpaired) electrons. The Balaban J connectivity index is 0. The summed E-state index contributed by atoms with van der Waals surface area (Å²) in [5.74, 6) is -0.527. The number of hydrogen-bond donors (Lipinski definition) is 2. The predicted molar refractivity (Wildman–Crippen MR) is 38.3 cm³/mol. The van der Waals surface area contributed by atoms with E-state index in [1.807, 2.05) is 13.8 Å². The fourth-order valence-electron chi connectivity index (χ4n) is 0.378. The number of halogens is 1. The quantitative estimate of drug-likeness (QED) is 0.468. The van der Waals surface area contributed by atoms with E-state index in [2.05, 4.69) is 0 Å². The van der Waals surface area contributed by atoms with E-state index in [0.717, 1.165) is 0 Å². The molecule has 0 bridgehead atoms. The SMILES string of the molecule is CC(C)OC[C@H](N)C(N)=O.[Cl-]. The number of ether oxygens (including phenoxy) is 1. The average molecular weight is 182 g/mol. The van der Waals surface area contributed by atoms with E-state index in [4.69, 9.17) is 16.2 Å². The van der Waals surface area contributed by atoms with Gasteiger partial charge >= 0.3 is 0 Å². The van der Waals surface area contributed by atoms with E-state index in [-0.39, 0.29) is 25.1 Å². The molecule has 0 aliphatic heterocycles. The van der Waals surface area contributed by atoms with Crippen molar-refractivity contribution in [2.75, 3.05) is 6.61 Å². The third-order valence-electron chi connectivity index (χ3n) is 0.975. The fraction of sp³-hybridized carbons (Fsp3) is 0.833. The van der Waals surface area contributed by atoms with Gasteiger partial charge < -0.3 is 28.6 Å². The second kappa shape index (κ2) is 6.39. The van der Waals surface area contributed by atoms with Crippen molar-refractivity contribution >= 4 is 5.91 Å². The van der Waals surface area contributed by atoms with Crippen molar-refractivity contribution < 1.29 is 21.9 Å². The Morgan fingerprint density at radius 1 is 1.55 bits per heavy atom. The van der Waals surface area contributed by atoms with Crippen molar-refractivity contribution in [2.24, 2.45) is 11.5 Å². The van der Waals surface area contributed by atoms with Crippen LogP contribution in [0.4, 0.5) is 0 Å². The summed E-state index contributed by atoms with van der Waals surface area (Å²) < 4.78 is 5.04. The van der Waals surface area contributed by atoms with Gasteiger partial charge in [0.25, 0.3) is 0 Å². The number of nitrogens with two attached hydrogens (primary N) is 2. The highest BCUT2D eigenvalue weighted by Crippen LogP contribution is 1.88. The second-order valence-electron chi connectivity index (χ2n) is 2.39. The molecule has 0 aliphatic rings. The van der Waals surface area contributed by atoms with Crippen LogP contribution < -0.4 is 23.9 Å². The maximum atomic E-state index is 10.3. The Labute approximate surface area is 72.7 Å². The number of primary amides is 1. The molecule has 0 fully saturated rings. The van der Waals surface area contributed by atoms with Gasteiger partial charge in [-0.15, -0.1) is 0 Å². The van der Waals surface area contributed by atoms with E-state index in [1.54, 1.807) is 0 Å². The first-order chi connectivity index (χ1) is 4.54. The molecule has 4 N–H and O–H groups in total. The van der Waals surface area contributed by atoms with Gasteiger partial charge in [-0.25, -0.2) is 0 Å². The summed E-state index contributed by atoms with van der Waals surface area (Å²) in [5, 5.41) is 0. The molecular weight excluding hydrogens is 168 g/mol. The van der Waals surface area contributed by atoms with Crippen LogP contribution in [0.15, 0.2) is 0 Å². The molecule has 0 aromatic rings. The first kappa shape index (κ1) is 13.3. The van der Waals surface area contributed by atoms with Crippen molar-refractivity contribution in [3.05, 3.63) is 0 Å². The van der Waals surface area contributed by atoms with Crippen molar-refractivity contribution in [3.63, 3.8) is 0 Å². The van der Waals surface area contributed by atoms with Crippen LogP contribution in [0.5, 0.6) is 0 Å². The molecule has 0 saturated carbocycles. The zero-order chi connectivity index (χ0) is 8.15. The van der Waals surface area contributed by atoms with Crippen molar-refractivity contribution in [1.82, 2.24) is 0 Å². The first-order valence-corrected chi connectivity index (χ1v) is 3.20. The summed E-state index contributed by atoms with van der Waals surface area (Å²) in [5.41, 5.74) is 10.1. The Kier molecular flexibility index (Phi) is 7.72.